The molecule has 2 aliphatic carbocycles. The summed E-state index contributed by atoms with van der Waals surface area (Å²) in [5.41, 5.74) is 4.72. The molecule has 2 N–H and O–H groups in total. The molecule has 1 aliphatic heterocycles. The van der Waals surface area contributed by atoms with E-state index >= 15 is 0 Å². The summed E-state index contributed by atoms with van der Waals surface area (Å²) in [7, 11) is 0. The normalized spacial score (nSPS) is 24.2. The smallest absolute Gasteiger partial charge is 0.224 e. The second kappa shape index (κ2) is 10.5. The molecule has 7 nitrogen and oxygen atoms in total. The lowest BCUT2D eigenvalue weighted by atomic mass is 9.93. The first-order valence-electron chi connectivity index (χ1n) is 13.8. The number of fused-ring (bicyclic) bond motifs is 1. The van der Waals surface area contributed by atoms with Gasteiger partial charge in [-0.15, -0.1) is 0 Å². The minimum absolute atomic E-state index is 0.170. The van der Waals surface area contributed by atoms with E-state index in [2.05, 4.69) is 52.2 Å². The van der Waals surface area contributed by atoms with Crippen molar-refractivity contribution in [2.24, 2.45) is 5.92 Å². The first-order chi connectivity index (χ1) is 17.6. The molecule has 1 unspecified atom stereocenters. The van der Waals surface area contributed by atoms with Crippen molar-refractivity contribution in [2.45, 2.75) is 76.6 Å². The molecular weight excluding hydrogens is 450 g/mol. The highest BCUT2D eigenvalue weighted by Crippen LogP contribution is 2.37. The minimum Gasteiger partial charge on any atom is -0.393 e. The van der Waals surface area contributed by atoms with E-state index in [-0.39, 0.29) is 6.10 Å². The van der Waals surface area contributed by atoms with Gasteiger partial charge < -0.3 is 19.7 Å². The van der Waals surface area contributed by atoms with Crippen molar-refractivity contribution >= 4 is 17.0 Å². The van der Waals surface area contributed by atoms with Gasteiger partial charge in [-0.05, 0) is 56.1 Å². The van der Waals surface area contributed by atoms with Crippen LogP contribution in [0.15, 0.2) is 36.7 Å². The van der Waals surface area contributed by atoms with E-state index in [1.54, 1.807) is 0 Å². The maximum Gasteiger partial charge on any atom is 0.224 e. The molecule has 0 amide bonds. The van der Waals surface area contributed by atoms with Crippen LogP contribution in [0.4, 0.5) is 5.95 Å². The lowest BCUT2D eigenvalue weighted by Gasteiger charge is -2.27. The lowest BCUT2D eigenvalue weighted by Crippen LogP contribution is -2.35. The Bertz CT molecular complexity index is 1160. The van der Waals surface area contributed by atoms with Crippen molar-refractivity contribution in [1.29, 1.82) is 0 Å². The molecule has 0 spiro atoms. The molecule has 7 heteroatoms. The van der Waals surface area contributed by atoms with Crippen molar-refractivity contribution in [3.8, 4) is 11.1 Å². The highest BCUT2D eigenvalue weighted by molar-refractivity contribution is 5.94. The average Bonchev–Trinajstić information content (AvgIpc) is 3.63. The Balaban J connectivity index is 1.28. The molecule has 1 saturated heterocycles. The summed E-state index contributed by atoms with van der Waals surface area (Å²) in [4.78, 5) is 12.2. The van der Waals surface area contributed by atoms with Crippen molar-refractivity contribution in [3.63, 3.8) is 0 Å². The minimum atomic E-state index is -0.170. The Hall–Kier alpha value is -2.48. The summed E-state index contributed by atoms with van der Waals surface area (Å²) < 4.78 is 7.85. The van der Waals surface area contributed by atoms with Crippen LogP contribution in [0.3, 0.4) is 0 Å². The summed E-state index contributed by atoms with van der Waals surface area (Å²) in [6, 6.07) is 9.72. The van der Waals surface area contributed by atoms with Crippen LogP contribution in [0, 0.1) is 5.92 Å². The second-order valence-electron chi connectivity index (χ2n) is 11.2. The topological polar surface area (TPSA) is 75.4 Å². The number of benzene rings is 1. The molecule has 2 saturated carbocycles. The number of anilines is 1. The number of ether oxygens (including phenoxy) is 1. The van der Waals surface area contributed by atoms with Crippen LogP contribution >= 0.6 is 0 Å². The summed E-state index contributed by atoms with van der Waals surface area (Å²) in [6.07, 6.45) is 11.7. The van der Waals surface area contributed by atoms with Gasteiger partial charge in [-0.2, -0.15) is 4.98 Å². The molecule has 0 bridgehead atoms. The van der Waals surface area contributed by atoms with Gasteiger partial charge in [0.05, 0.1) is 19.3 Å². The van der Waals surface area contributed by atoms with E-state index in [4.69, 9.17) is 14.7 Å². The van der Waals surface area contributed by atoms with Crippen LogP contribution in [0.5, 0.6) is 0 Å². The van der Waals surface area contributed by atoms with E-state index in [9.17, 15) is 5.11 Å². The summed E-state index contributed by atoms with van der Waals surface area (Å²) in [5.74, 6) is 1.59. The molecule has 1 aromatic carbocycles. The molecule has 3 fully saturated rings. The van der Waals surface area contributed by atoms with E-state index in [0.717, 1.165) is 81.4 Å². The number of hydrogen-bond acceptors (Lipinski definition) is 6. The van der Waals surface area contributed by atoms with Gasteiger partial charge in [0, 0.05) is 55.1 Å². The van der Waals surface area contributed by atoms with Crippen LogP contribution in [0.1, 0.15) is 63.5 Å². The molecule has 36 heavy (non-hydrogen) atoms. The van der Waals surface area contributed by atoms with Crippen molar-refractivity contribution in [2.75, 3.05) is 31.6 Å². The standard InChI is InChI=1S/C29H39N5O2/c1-20(16-21-2-3-21)31-29-30-17-26-27(19-34(28(26)32-29)24-8-10-25(35)11-9-24)23-6-4-22(5-7-23)18-33-12-14-36-15-13-33/h4-7,17,19-21,24-25,35H,2-3,8-16,18H2,1H3,(H,30,31,32)/t20?,24-,25-. The molecular formula is C29H39N5O2. The highest BCUT2D eigenvalue weighted by atomic mass is 16.5. The Morgan fingerprint density at radius 1 is 1.06 bits per heavy atom. The first kappa shape index (κ1) is 23.9. The second-order valence-corrected chi connectivity index (χ2v) is 11.2. The van der Waals surface area contributed by atoms with Gasteiger partial charge in [0.1, 0.15) is 5.65 Å². The molecule has 2 aromatic heterocycles. The SMILES string of the molecule is CC(CC1CC1)Nc1ncc2c(-c3ccc(CN4CCOCC4)cc3)cn([C@H]3CC[C@H](O)CC3)c2n1. The zero-order chi connectivity index (χ0) is 24.5. The van der Waals surface area contributed by atoms with Crippen LogP contribution < -0.4 is 5.32 Å². The zero-order valence-electron chi connectivity index (χ0n) is 21.4. The number of nitrogens with one attached hydrogen (secondary N) is 1. The number of morpholine rings is 1. The summed E-state index contributed by atoms with van der Waals surface area (Å²) in [5, 5.41) is 14.7. The number of aliphatic hydroxyl groups excluding tert-OH is 1. The van der Waals surface area contributed by atoms with E-state index < -0.39 is 0 Å². The van der Waals surface area contributed by atoms with E-state index in [1.807, 2.05) is 6.20 Å². The maximum absolute atomic E-state index is 10.1. The fourth-order valence-corrected chi connectivity index (χ4v) is 5.88. The van der Waals surface area contributed by atoms with Gasteiger partial charge in [-0.25, -0.2) is 4.98 Å². The molecule has 192 valence electrons. The van der Waals surface area contributed by atoms with E-state index in [1.165, 1.54) is 36.0 Å². The van der Waals surface area contributed by atoms with Gasteiger partial charge in [0.2, 0.25) is 5.95 Å². The van der Waals surface area contributed by atoms with Crippen molar-refractivity contribution in [1.82, 2.24) is 19.4 Å². The zero-order valence-corrected chi connectivity index (χ0v) is 21.4. The molecule has 0 radical (unpaired) electrons. The highest BCUT2D eigenvalue weighted by Gasteiger charge is 2.26. The molecule has 6 rings (SSSR count). The molecule has 3 aromatic rings. The van der Waals surface area contributed by atoms with Crippen LogP contribution in [-0.4, -0.2) is 63.0 Å². The molecule has 1 atom stereocenters. The van der Waals surface area contributed by atoms with Gasteiger partial charge in [0.15, 0.2) is 0 Å². The first-order valence-corrected chi connectivity index (χ1v) is 13.8. The number of nitrogens with zero attached hydrogens (tertiary/aromatic N) is 4. The molecule has 3 heterocycles. The molecule has 3 aliphatic rings. The Kier molecular flexibility index (Phi) is 6.96. The lowest BCUT2D eigenvalue weighted by molar-refractivity contribution is 0.0342. The third kappa shape index (κ3) is 5.43. The predicted octanol–water partition coefficient (Wildman–Crippen LogP) is 5.01. The quantitative estimate of drug-likeness (QED) is 0.463. The Morgan fingerprint density at radius 2 is 1.81 bits per heavy atom. The number of hydrogen-bond donors (Lipinski definition) is 2. The number of rotatable bonds is 8. The fraction of sp³-hybridized carbons (Fsp3) is 0.586. The van der Waals surface area contributed by atoms with E-state index in [0.29, 0.717) is 12.1 Å². The van der Waals surface area contributed by atoms with Gasteiger partial charge >= 0.3 is 0 Å². The van der Waals surface area contributed by atoms with Gasteiger partial charge in [-0.3, -0.25) is 4.90 Å². The Labute approximate surface area is 213 Å². The number of aliphatic hydroxyl groups is 1. The summed E-state index contributed by atoms with van der Waals surface area (Å²) >= 11 is 0. The predicted molar refractivity (Wildman–Crippen MR) is 143 cm³/mol. The third-order valence-electron chi connectivity index (χ3n) is 8.17. The van der Waals surface area contributed by atoms with Crippen LogP contribution in [-0.2, 0) is 11.3 Å². The average molecular weight is 490 g/mol. The summed E-state index contributed by atoms with van der Waals surface area (Å²) in [6.45, 7) is 6.85. The van der Waals surface area contributed by atoms with Crippen LogP contribution in [0.25, 0.3) is 22.2 Å². The van der Waals surface area contributed by atoms with Crippen LogP contribution in [0.2, 0.25) is 0 Å². The van der Waals surface area contributed by atoms with Gasteiger partial charge in [-0.1, -0.05) is 37.1 Å². The Morgan fingerprint density at radius 3 is 2.53 bits per heavy atom. The largest absolute Gasteiger partial charge is 0.393 e. The van der Waals surface area contributed by atoms with Crippen molar-refractivity contribution in [3.05, 3.63) is 42.2 Å². The number of aromatic nitrogens is 3. The fourth-order valence-electron chi connectivity index (χ4n) is 5.88. The van der Waals surface area contributed by atoms with Gasteiger partial charge in [0.25, 0.3) is 0 Å². The maximum atomic E-state index is 10.1. The monoisotopic (exact) mass is 489 g/mol. The van der Waals surface area contributed by atoms with Crippen molar-refractivity contribution < 1.29 is 9.84 Å². The third-order valence-corrected chi connectivity index (χ3v) is 8.17.